The number of sulfonamides is 1. The monoisotopic (exact) mass is 532 g/mol. The molecular formula is C16H16ClF3N4O5S3. The van der Waals surface area contributed by atoms with E-state index in [2.05, 4.69) is 20.3 Å². The van der Waals surface area contributed by atoms with Crippen molar-refractivity contribution in [2.45, 2.75) is 23.5 Å². The number of hydrogen-bond donors (Lipinski definition) is 1. The van der Waals surface area contributed by atoms with Crippen molar-refractivity contribution < 1.29 is 35.9 Å². The number of rotatable bonds is 8. The molecule has 1 aromatic carbocycles. The number of nitrogens with one attached hydrogen (secondary N) is 1. The maximum Gasteiger partial charge on any atom is 0.417 e. The fourth-order valence-electron chi connectivity index (χ4n) is 2.38. The van der Waals surface area contributed by atoms with Crippen LogP contribution >= 0.6 is 34.7 Å². The van der Waals surface area contributed by atoms with Crippen LogP contribution in [0.2, 0.25) is 5.02 Å². The Balaban J connectivity index is 2.26. The molecule has 0 bridgehead atoms. The van der Waals surface area contributed by atoms with Crippen molar-refractivity contribution in [3.05, 3.63) is 28.8 Å². The van der Waals surface area contributed by atoms with Gasteiger partial charge in [0.05, 0.1) is 35.4 Å². The number of methoxy groups -OCH3 is 1. The number of esters is 1. The van der Waals surface area contributed by atoms with E-state index < -0.39 is 50.4 Å². The van der Waals surface area contributed by atoms with E-state index in [-0.39, 0.29) is 10.9 Å². The highest BCUT2D eigenvalue weighted by Crippen LogP contribution is 2.38. The van der Waals surface area contributed by atoms with Crippen molar-refractivity contribution in [1.29, 1.82) is 0 Å². The molecule has 0 saturated heterocycles. The van der Waals surface area contributed by atoms with Crippen molar-refractivity contribution in [2.24, 2.45) is 0 Å². The van der Waals surface area contributed by atoms with Gasteiger partial charge >= 0.3 is 12.1 Å². The van der Waals surface area contributed by atoms with Crippen LogP contribution in [0.3, 0.4) is 0 Å². The van der Waals surface area contributed by atoms with Crippen molar-refractivity contribution in [1.82, 2.24) is 10.2 Å². The van der Waals surface area contributed by atoms with E-state index in [1.807, 2.05) is 0 Å². The topological polar surface area (TPSA) is 119 Å². The Labute approximate surface area is 194 Å². The molecule has 0 fully saturated rings. The summed E-state index contributed by atoms with van der Waals surface area (Å²) in [6.45, 7) is 1.20. The highest BCUT2D eigenvalue weighted by Gasteiger charge is 2.36. The van der Waals surface area contributed by atoms with Crippen LogP contribution in [-0.4, -0.2) is 55.7 Å². The minimum Gasteiger partial charge on any atom is -0.468 e. The second-order valence-corrected chi connectivity index (χ2v) is 10.6. The van der Waals surface area contributed by atoms with Gasteiger partial charge in [0.1, 0.15) is 6.04 Å². The first-order valence-corrected chi connectivity index (χ1v) is 12.5. The molecule has 1 atom stereocenters. The Bertz CT molecular complexity index is 1110. The van der Waals surface area contributed by atoms with Crippen molar-refractivity contribution >= 4 is 67.4 Å². The number of thioether (sulfide) groups is 1. The maximum absolute atomic E-state index is 13.2. The van der Waals surface area contributed by atoms with Crippen molar-refractivity contribution in [2.75, 3.05) is 28.7 Å². The van der Waals surface area contributed by atoms with Crippen LogP contribution in [-0.2, 0) is 30.5 Å². The summed E-state index contributed by atoms with van der Waals surface area (Å²) < 4.78 is 69.6. The summed E-state index contributed by atoms with van der Waals surface area (Å²) in [6.07, 6.45) is -4.07. The van der Waals surface area contributed by atoms with E-state index in [1.165, 1.54) is 14.0 Å². The maximum atomic E-state index is 13.2. The number of ether oxygens (including phenoxy) is 1. The zero-order chi connectivity index (χ0) is 24.3. The van der Waals surface area contributed by atoms with E-state index in [0.29, 0.717) is 14.7 Å². The lowest BCUT2D eigenvalue weighted by Crippen LogP contribution is -2.45. The van der Waals surface area contributed by atoms with Crippen LogP contribution in [0, 0.1) is 0 Å². The van der Waals surface area contributed by atoms with Crippen LogP contribution < -0.4 is 9.62 Å². The first-order valence-electron chi connectivity index (χ1n) is 8.44. The van der Waals surface area contributed by atoms with Gasteiger partial charge in [-0.15, -0.1) is 10.2 Å². The molecule has 0 aliphatic rings. The van der Waals surface area contributed by atoms with Crippen LogP contribution in [0.4, 0.5) is 24.0 Å². The third-order valence-electron chi connectivity index (χ3n) is 3.78. The van der Waals surface area contributed by atoms with Gasteiger partial charge in [-0.25, -0.2) is 8.42 Å². The van der Waals surface area contributed by atoms with Crippen LogP contribution in [0.25, 0.3) is 0 Å². The summed E-state index contributed by atoms with van der Waals surface area (Å²) in [5, 5.41) is 9.26. The molecule has 0 unspecified atom stereocenters. The van der Waals surface area contributed by atoms with Gasteiger partial charge in [0.15, 0.2) is 4.34 Å². The number of amides is 1. The molecule has 1 N–H and O–H groups in total. The normalized spacial score (nSPS) is 12.8. The molecule has 0 saturated carbocycles. The molecule has 1 heterocycles. The van der Waals surface area contributed by atoms with Gasteiger partial charge in [0, 0.05) is 0 Å². The highest BCUT2D eigenvalue weighted by atomic mass is 35.5. The van der Waals surface area contributed by atoms with E-state index in [0.717, 1.165) is 41.5 Å². The number of alkyl halides is 3. The number of nitrogens with zero attached hydrogens (tertiary/aromatic N) is 3. The number of benzene rings is 1. The molecule has 9 nitrogen and oxygen atoms in total. The van der Waals surface area contributed by atoms with Gasteiger partial charge in [-0.2, -0.15) is 13.2 Å². The molecule has 1 aromatic heterocycles. The molecule has 1 amide bonds. The molecule has 176 valence electrons. The van der Waals surface area contributed by atoms with Crippen molar-refractivity contribution in [3.8, 4) is 0 Å². The van der Waals surface area contributed by atoms with E-state index >= 15 is 0 Å². The van der Waals surface area contributed by atoms with Gasteiger partial charge in [-0.3, -0.25) is 19.2 Å². The summed E-state index contributed by atoms with van der Waals surface area (Å²) in [4.78, 5) is 23.8. The number of carbonyl (C=O) groups excluding carboxylic acids is 2. The van der Waals surface area contributed by atoms with Gasteiger partial charge < -0.3 is 4.74 Å². The van der Waals surface area contributed by atoms with Crippen LogP contribution in [0.1, 0.15) is 12.5 Å². The fraction of sp³-hybridized carbons (Fsp3) is 0.375. The third-order valence-corrected chi connectivity index (χ3v) is 7.29. The minimum atomic E-state index is -4.83. The predicted octanol–water partition coefficient (Wildman–Crippen LogP) is 3.27. The molecular weight excluding hydrogens is 517 g/mol. The van der Waals surface area contributed by atoms with Gasteiger partial charge in [-0.05, 0) is 25.1 Å². The van der Waals surface area contributed by atoms with Crippen LogP contribution in [0.5, 0.6) is 0 Å². The van der Waals surface area contributed by atoms with Crippen molar-refractivity contribution in [3.63, 3.8) is 0 Å². The van der Waals surface area contributed by atoms with Gasteiger partial charge in [0.2, 0.25) is 21.1 Å². The molecule has 2 rings (SSSR count). The van der Waals surface area contributed by atoms with Gasteiger partial charge in [-0.1, -0.05) is 34.7 Å². The molecule has 0 aliphatic heterocycles. The molecule has 16 heteroatoms. The van der Waals surface area contributed by atoms with Crippen LogP contribution in [0.15, 0.2) is 22.5 Å². The Morgan fingerprint density at radius 3 is 2.56 bits per heavy atom. The molecule has 32 heavy (non-hydrogen) atoms. The fourth-order valence-corrected chi connectivity index (χ4v) is 5.36. The summed E-state index contributed by atoms with van der Waals surface area (Å²) in [5.41, 5.74) is -1.63. The summed E-state index contributed by atoms with van der Waals surface area (Å²) >= 11 is 7.53. The number of halogens is 4. The second-order valence-electron chi connectivity index (χ2n) is 6.12. The zero-order valence-electron chi connectivity index (χ0n) is 16.6. The molecule has 2 aromatic rings. The summed E-state index contributed by atoms with van der Waals surface area (Å²) in [6, 6.07) is 1.08. The summed E-state index contributed by atoms with van der Waals surface area (Å²) in [7, 11) is -2.95. The quantitative estimate of drug-likeness (QED) is 0.312. The van der Waals surface area contributed by atoms with Gasteiger partial charge in [0.25, 0.3) is 0 Å². The smallest absolute Gasteiger partial charge is 0.417 e. The lowest BCUT2D eigenvalue weighted by atomic mass is 10.1. The highest BCUT2D eigenvalue weighted by molar-refractivity contribution is 8.01. The third kappa shape index (κ3) is 6.70. The Morgan fingerprint density at radius 1 is 1.34 bits per heavy atom. The average molecular weight is 533 g/mol. The first-order chi connectivity index (χ1) is 14.7. The number of carbonyl (C=O) groups is 2. The zero-order valence-corrected chi connectivity index (χ0v) is 19.8. The van der Waals surface area contributed by atoms with E-state index in [1.54, 1.807) is 0 Å². The number of anilines is 2. The lowest BCUT2D eigenvalue weighted by Gasteiger charge is -2.28. The first kappa shape index (κ1) is 26.2. The number of hydrogen-bond acceptors (Lipinski definition) is 9. The molecule has 0 spiro atoms. The van der Waals surface area contributed by atoms with E-state index in [9.17, 15) is 31.2 Å². The minimum absolute atomic E-state index is 0.00903. The largest absolute Gasteiger partial charge is 0.468 e. The lowest BCUT2D eigenvalue weighted by molar-refractivity contribution is -0.138. The molecule has 0 aliphatic carbocycles. The Hall–Kier alpha value is -2.10. The van der Waals surface area contributed by atoms with E-state index in [4.69, 9.17) is 11.6 Å². The molecule has 0 radical (unpaired) electrons. The Kier molecular flexibility index (Phi) is 8.36. The Morgan fingerprint density at radius 2 is 2.00 bits per heavy atom. The second kappa shape index (κ2) is 10.2. The summed E-state index contributed by atoms with van der Waals surface area (Å²) in [5.74, 6) is -1.39. The predicted molar refractivity (Wildman–Crippen MR) is 115 cm³/mol. The SMILES string of the molecule is COC(=O)CSc1nnc(NC(=O)[C@H](C)N(c2ccc(Cl)c(C(F)(F)F)c2)S(C)(=O)=O)s1. The average Bonchev–Trinajstić information content (AvgIpc) is 3.12. The number of aromatic nitrogens is 2. The standard InChI is InChI=1S/C16H16ClF3N4O5S3/c1-8(13(26)21-14-22-23-15(31-14)30-7-12(25)29-2)24(32(3,27)28)9-4-5-11(17)10(6-9)16(18,19)20/h4-6,8H,7H2,1-3H3,(H,21,22,26)/t8-/m0/s1.